The number of hydrogen-bond acceptors (Lipinski definition) is 10. The van der Waals surface area contributed by atoms with E-state index in [4.69, 9.17) is 9.72 Å². The Bertz CT molecular complexity index is 2780. The number of nitrogens with one attached hydrogen (secondary N) is 2. The smallest absolute Gasteiger partial charge is 0.329 e. The Kier molecular flexibility index (Phi) is 10.8. The molecule has 0 spiro atoms. The highest BCUT2D eigenvalue weighted by molar-refractivity contribution is 6.08. The zero-order chi connectivity index (χ0) is 44.4. The van der Waals surface area contributed by atoms with Crippen LogP contribution in [0.1, 0.15) is 97.9 Å². The third kappa shape index (κ3) is 7.71. The van der Waals surface area contributed by atoms with Crippen molar-refractivity contribution >= 4 is 45.9 Å². The number of para-hydroxylation sites is 1. The van der Waals surface area contributed by atoms with Gasteiger partial charge in [-0.05, 0) is 82.0 Å². The van der Waals surface area contributed by atoms with Gasteiger partial charge in [0.2, 0.25) is 11.8 Å². The maximum Gasteiger partial charge on any atom is 0.329 e. The molecule has 2 bridgehead atoms. The fourth-order valence-electron chi connectivity index (χ4n) is 10.4. The van der Waals surface area contributed by atoms with Crippen LogP contribution < -0.4 is 21.2 Å². The monoisotopic (exact) mass is 885 g/mol. The highest BCUT2D eigenvalue weighted by Crippen LogP contribution is 2.43. The minimum atomic E-state index is -2.95. The molecule has 64 heavy (non-hydrogen) atoms. The highest BCUT2D eigenvalue weighted by atomic mass is 19.3. The fourth-order valence-corrected chi connectivity index (χ4v) is 10.4. The molecule has 16 nitrogen and oxygen atoms in total. The van der Waals surface area contributed by atoms with Crippen molar-refractivity contribution < 1.29 is 36.7 Å². The number of carbonyl (C=O) groups excluding carboxylic acids is 3. The van der Waals surface area contributed by atoms with Gasteiger partial charge >= 0.3 is 5.69 Å². The lowest BCUT2D eigenvalue weighted by Gasteiger charge is -2.40. The number of aromatic nitrogens is 7. The van der Waals surface area contributed by atoms with Crippen molar-refractivity contribution in [2.75, 3.05) is 43.0 Å². The summed E-state index contributed by atoms with van der Waals surface area (Å²) < 4.78 is 71.5. The molecular formula is C44H47F4N11O5. The third-order valence-corrected chi connectivity index (χ3v) is 13.8. The van der Waals surface area contributed by atoms with Crippen molar-refractivity contribution in [1.29, 1.82) is 0 Å². The number of amides is 3. The number of rotatable bonds is 9. The summed E-state index contributed by atoms with van der Waals surface area (Å²) in [6.45, 7) is 1.42. The van der Waals surface area contributed by atoms with Gasteiger partial charge in [0, 0.05) is 38.3 Å². The van der Waals surface area contributed by atoms with Crippen molar-refractivity contribution in [2.24, 2.45) is 18.9 Å². The SMILES string of the molecule is Cn1c(=O)n(C2CCC(=O)NC2=O)c2cccc(C#CCN3CCC(C[C@H]4CC[C@H](n5cc(NC(=O)c6cnn7ccc(N8C[C@H]9C[C@@H]8CO9)nc67)c(C(F)F)n5)CC4)C(F)(F)C3)c21. The number of ether oxygens (including phenoxy) is 1. The summed E-state index contributed by atoms with van der Waals surface area (Å²) in [7, 11) is 1.58. The first kappa shape index (κ1) is 41.9. The van der Waals surface area contributed by atoms with E-state index in [0.717, 1.165) is 6.42 Å². The highest BCUT2D eigenvalue weighted by Gasteiger charge is 2.45. The second-order valence-electron chi connectivity index (χ2n) is 17.8. The number of anilines is 2. The standard InChI is InChI=1S/C44H47F4N11O5/c1-54-38-26(4-2-6-33(38)59(43(54)63)34-11-12-36(60)52-42(34)62)5-3-15-55-16-13-27(44(47,48)24-55)18-25-7-9-28(10-8-25)58-22-32(37(53-58)39(45)46)50-41(61)31-20-49-57-17-14-35(51-40(31)57)56-21-30-19-29(56)23-64-30/h2,4,6,14,17,20,22,25,27-30,34,39H,7-13,15-16,18-19,21,23-24H2,1H3,(H,50,61)(H,52,60,62)/t25-,27?,28-,29-,30-,34?/m1/s1. The van der Waals surface area contributed by atoms with Crippen LogP contribution in [0.25, 0.3) is 16.7 Å². The number of halogens is 4. The van der Waals surface area contributed by atoms with Gasteiger partial charge in [-0.2, -0.15) is 10.2 Å². The molecule has 0 radical (unpaired) electrons. The summed E-state index contributed by atoms with van der Waals surface area (Å²) in [4.78, 5) is 59.6. The molecule has 3 amide bonds. The number of hydrogen-bond donors (Lipinski definition) is 2. The van der Waals surface area contributed by atoms with Gasteiger partial charge in [0.15, 0.2) is 11.3 Å². The molecule has 1 saturated carbocycles. The first-order valence-electron chi connectivity index (χ1n) is 21.8. The third-order valence-electron chi connectivity index (χ3n) is 13.8. The summed E-state index contributed by atoms with van der Waals surface area (Å²) in [6, 6.07) is 6.15. The number of benzene rings is 1. The van der Waals surface area contributed by atoms with Gasteiger partial charge in [-0.15, -0.1) is 0 Å². The molecule has 336 valence electrons. The minimum absolute atomic E-state index is 0.0404. The van der Waals surface area contributed by atoms with Gasteiger partial charge in [-0.25, -0.2) is 31.9 Å². The number of imidazole rings is 1. The Hall–Kier alpha value is -6.07. The van der Waals surface area contributed by atoms with Gasteiger partial charge in [0.05, 0.1) is 66.4 Å². The maximum atomic E-state index is 15.7. The number of imide groups is 1. The Morgan fingerprint density at radius 3 is 2.64 bits per heavy atom. The van der Waals surface area contributed by atoms with E-state index in [1.807, 2.05) is 6.07 Å². The fraction of sp³-hybridized carbons (Fsp3) is 0.523. The molecular weight excluding hydrogens is 839 g/mol. The lowest BCUT2D eigenvalue weighted by atomic mass is 9.77. The summed E-state index contributed by atoms with van der Waals surface area (Å²) in [5.74, 6) is 1.51. The predicted molar refractivity (Wildman–Crippen MR) is 224 cm³/mol. The molecule has 2 N–H and O–H groups in total. The number of alkyl halides is 4. The average molecular weight is 886 g/mol. The molecule has 10 rings (SSSR count). The second kappa shape index (κ2) is 16.5. The molecule has 2 unspecified atom stereocenters. The van der Waals surface area contributed by atoms with E-state index in [-0.39, 0.29) is 60.6 Å². The summed E-state index contributed by atoms with van der Waals surface area (Å²) in [5, 5.41) is 13.4. The minimum Gasteiger partial charge on any atom is -0.374 e. The lowest BCUT2D eigenvalue weighted by molar-refractivity contribution is -0.135. The van der Waals surface area contributed by atoms with Crippen LogP contribution in [-0.2, 0) is 21.4 Å². The maximum absolute atomic E-state index is 15.7. The van der Waals surface area contributed by atoms with E-state index >= 15 is 8.78 Å². The largest absolute Gasteiger partial charge is 0.374 e. The normalized spacial score (nSPS) is 25.9. The number of morpholine rings is 1. The molecule has 5 fully saturated rings. The molecule has 4 atom stereocenters. The van der Waals surface area contributed by atoms with E-state index < -0.39 is 54.1 Å². The summed E-state index contributed by atoms with van der Waals surface area (Å²) in [6.07, 6.45) is 6.01. The number of fused-ring (bicyclic) bond motifs is 4. The van der Waals surface area contributed by atoms with E-state index in [0.29, 0.717) is 86.3 Å². The Morgan fingerprint density at radius 1 is 1.08 bits per heavy atom. The van der Waals surface area contributed by atoms with Crippen molar-refractivity contribution in [1.82, 2.24) is 43.7 Å². The zero-order valence-electron chi connectivity index (χ0n) is 35.1. The van der Waals surface area contributed by atoms with Crippen LogP contribution in [0.3, 0.4) is 0 Å². The number of likely N-dealkylation sites (tertiary alicyclic amines) is 1. The number of piperidine rings is 2. The average Bonchev–Trinajstić information content (AvgIpc) is 4.12. The summed E-state index contributed by atoms with van der Waals surface area (Å²) in [5.41, 5.74) is 0.912. The van der Waals surface area contributed by atoms with Gasteiger partial charge in [-0.3, -0.25) is 38.4 Å². The van der Waals surface area contributed by atoms with Crippen LogP contribution in [0.2, 0.25) is 0 Å². The number of carbonyl (C=O) groups is 3. The Labute approximate surface area is 363 Å². The van der Waals surface area contributed by atoms with E-state index in [2.05, 4.69) is 37.6 Å². The molecule has 5 aliphatic rings. The molecule has 8 heterocycles. The topological polar surface area (TPSA) is 166 Å². The molecule has 4 aliphatic heterocycles. The molecule has 20 heteroatoms. The van der Waals surface area contributed by atoms with Gasteiger partial charge in [-0.1, -0.05) is 17.9 Å². The first-order valence-corrected chi connectivity index (χ1v) is 21.8. The van der Waals surface area contributed by atoms with E-state index in [1.165, 1.54) is 30.7 Å². The molecule has 5 aromatic rings. The van der Waals surface area contributed by atoms with Crippen LogP contribution in [0.4, 0.5) is 29.1 Å². The van der Waals surface area contributed by atoms with Crippen LogP contribution in [0.5, 0.6) is 0 Å². The Morgan fingerprint density at radius 2 is 1.91 bits per heavy atom. The van der Waals surface area contributed by atoms with Crippen LogP contribution in [0, 0.1) is 23.7 Å². The second-order valence-corrected chi connectivity index (χ2v) is 17.8. The van der Waals surface area contributed by atoms with Crippen LogP contribution in [-0.4, -0.2) is 107 Å². The van der Waals surface area contributed by atoms with E-state index in [1.54, 1.807) is 36.3 Å². The lowest BCUT2D eigenvalue weighted by Crippen LogP contribution is -2.49. The molecule has 4 saturated heterocycles. The summed E-state index contributed by atoms with van der Waals surface area (Å²) >= 11 is 0. The predicted octanol–water partition coefficient (Wildman–Crippen LogP) is 4.85. The zero-order valence-corrected chi connectivity index (χ0v) is 35.1. The van der Waals surface area contributed by atoms with Gasteiger partial charge < -0.3 is 15.0 Å². The van der Waals surface area contributed by atoms with Crippen LogP contribution in [0.15, 0.2) is 47.7 Å². The van der Waals surface area contributed by atoms with Gasteiger partial charge in [0.25, 0.3) is 18.3 Å². The van der Waals surface area contributed by atoms with Crippen molar-refractivity contribution in [3.8, 4) is 11.8 Å². The molecule has 1 aromatic carbocycles. The quantitative estimate of drug-likeness (QED) is 0.119. The first-order chi connectivity index (χ1) is 30.8. The number of nitrogens with zero attached hydrogens (tertiary/aromatic N) is 9. The van der Waals surface area contributed by atoms with Crippen molar-refractivity contribution in [3.63, 3.8) is 0 Å². The number of aryl methyl sites for hydroxylation is 1. The van der Waals surface area contributed by atoms with Crippen LogP contribution >= 0.6 is 0 Å². The Balaban J connectivity index is 0.743. The molecule has 4 aromatic heterocycles. The van der Waals surface area contributed by atoms with Crippen molar-refractivity contribution in [2.45, 2.75) is 94.4 Å². The van der Waals surface area contributed by atoms with Crippen molar-refractivity contribution in [3.05, 3.63) is 70.2 Å². The molecule has 1 aliphatic carbocycles. The van der Waals surface area contributed by atoms with Gasteiger partial charge in [0.1, 0.15) is 17.4 Å². The van der Waals surface area contributed by atoms with E-state index in [9.17, 15) is 28.0 Å².